The van der Waals surface area contributed by atoms with Crippen molar-refractivity contribution in [2.24, 2.45) is 11.7 Å². The second-order valence-corrected chi connectivity index (χ2v) is 7.47. The zero-order valence-electron chi connectivity index (χ0n) is 15.0. The van der Waals surface area contributed by atoms with Gasteiger partial charge >= 0.3 is 0 Å². The molecule has 1 heterocycles. The van der Waals surface area contributed by atoms with E-state index in [1.54, 1.807) is 0 Å². The second kappa shape index (κ2) is 7.34. The van der Waals surface area contributed by atoms with Crippen LogP contribution < -0.4 is 16.4 Å². The van der Waals surface area contributed by atoms with Crippen LogP contribution in [0.3, 0.4) is 0 Å². The van der Waals surface area contributed by atoms with Crippen molar-refractivity contribution in [2.75, 3.05) is 10.6 Å². The number of rotatable bonds is 6. The molecule has 1 aliphatic rings. The van der Waals surface area contributed by atoms with Crippen molar-refractivity contribution >= 4 is 17.7 Å². The number of amides is 1. The highest BCUT2D eigenvalue weighted by Crippen LogP contribution is 2.25. The van der Waals surface area contributed by atoms with E-state index in [0.717, 1.165) is 25.7 Å². The Morgan fingerprint density at radius 1 is 1.33 bits per heavy atom. The van der Waals surface area contributed by atoms with E-state index < -0.39 is 5.91 Å². The molecule has 0 spiro atoms. The summed E-state index contributed by atoms with van der Waals surface area (Å²) in [4.78, 5) is 20.4. The number of hydrogen-bond donors (Lipinski definition) is 4. The van der Waals surface area contributed by atoms with Crippen LogP contribution in [0, 0.1) is 5.92 Å². The van der Waals surface area contributed by atoms with Crippen molar-refractivity contribution in [1.82, 2.24) is 9.97 Å². The van der Waals surface area contributed by atoms with Gasteiger partial charge in [0, 0.05) is 17.8 Å². The molecular formula is C17H29N5O2. The van der Waals surface area contributed by atoms with E-state index in [4.69, 9.17) is 5.73 Å². The van der Waals surface area contributed by atoms with E-state index in [9.17, 15) is 9.90 Å². The van der Waals surface area contributed by atoms with E-state index in [1.165, 1.54) is 6.20 Å². The topological polar surface area (TPSA) is 113 Å². The summed E-state index contributed by atoms with van der Waals surface area (Å²) in [6.07, 6.45) is 4.58. The van der Waals surface area contributed by atoms with Crippen LogP contribution in [0.2, 0.25) is 0 Å². The van der Waals surface area contributed by atoms with Crippen LogP contribution >= 0.6 is 0 Å². The van der Waals surface area contributed by atoms with Crippen LogP contribution in [0.4, 0.5) is 11.8 Å². The Balaban J connectivity index is 2.19. The summed E-state index contributed by atoms with van der Waals surface area (Å²) >= 11 is 0. The van der Waals surface area contributed by atoms with Crippen molar-refractivity contribution in [3.8, 4) is 0 Å². The molecule has 0 saturated heterocycles. The van der Waals surface area contributed by atoms with Gasteiger partial charge in [0.15, 0.2) is 0 Å². The number of carbonyl (C=O) groups is 1. The SMILES string of the molecule is CC(C)C(C)(C)Nc1nc(NC2CCC(O)CC2)ncc1C(N)=O. The fourth-order valence-corrected chi connectivity index (χ4v) is 2.58. The van der Waals surface area contributed by atoms with Gasteiger partial charge in [-0.25, -0.2) is 4.98 Å². The lowest BCUT2D eigenvalue weighted by atomic mass is 9.90. The number of nitrogens with zero attached hydrogens (tertiary/aromatic N) is 2. The average Bonchev–Trinajstić information content (AvgIpc) is 2.49. The quantitative estimate of drug-likeness (QED) is 0.633. The first kappa shape index (κ1) is 18.4. The lowest BCUT2D eigenvalue weighted by Gasteiger charge is -2.32. The van der Waals surface area contributed by atoms with Gasteiger partial charge < -0.3 is 21.5 Å². The van der Waals surface area contributed by atoms with Gasteiger partial charge in [-0.3, -0.25) is 4.79 Å². The summed E-state index contributed by atoms with van der Waals surface area (Å²) in [5.74, 6) is 0.715. The zero-order valence-corrected chi connectivity index (χ0v) is 15.0. The molecule has 1 aromatic heterocycles. The molecule has 1 amide bonds. The van der Waals surface area contributed by atoms with E-state index >= 15 is 0 Å². The molecule has 1 fully saturated rings. The molecule has 0 unspecified atom stereocenters. The lowest BCUT2D eigenvalue weighted by molar-refractivity contribution is 0.1000. The highest BCUT2D eigenvalue weighted by atomic mass is 16.3. The number of carbonyl (C=O) groups excluding carboxylic acids is 1. The highest BCUT2D eigenvalue weighted by Gasteiger charge is 2.26. The number of nitrogens with two attached hydrogens (primary N) is 1. The van der Waals surface area contributed by atoms with Gasteiger partial charge in [0.2, 0.25) is 5.95 Å². The fraction of sp³-hybridized carbons (Fsp3) is 0.706. The first-order chi connectivity index (χ1) is 11.2. The van der Waals surface area contributed by atoms with Crippen molar-refractivity contribution < 1.29 is 9.90 Å². The standard InChI is InChI=1S/C17H29N5O2/c1-10(2)17(3,4)22-15-13(14(18)24)9-19-16(21-15)20-11-5-7-12(23)8-6-11/h9-12,23H,5-8H2,1-4H3,(H2,18,24)(H2,19,20,21,22). The van der Waals surface area contributed by atoms with Gasteiger partial charge in [-0.15, -0.1) is 0 Å². The predicted molar refractivity (Wildman–Crippen MR) is 95.0 cm³/mol. The molecule has 7 heteroatoms. The molecule has 0 bridgehead atoms. The normalized spacial score (nSPS) is 21.6. The molecule has 0 atom stereocenters. The minimum Gasteiger partial charge on any atom is -0.393 e. The third kappa shape index (κ3) is 4.56. The number of hydrogen-bond acceptors (Lipinski definition) is 6. The Hall–Kier alpha value is -1.89. The Morgan fingerprint density at radius 3 is 2.50 bits per heavy atom. The van der Waals surface area contributed by atoms with Gasteiger partial charge in [0.1, 0.15) is 5.82 Å². The molecule has 1 saturated carbocycles. The maximum atomic E-state index is 11.7. The van der Waals surface area contributed by atoms with Crippen LogP contribution in [-0.4, -0.2) is 38.7 Å². The first-order valence-corrected chi connectivity index (χ1v) is 8.58. The largest absolute Gasteiger partial charge is 0.393 e. The Kier molecular flexibility index (Phi) is 5.64. The van der Waals surface area contributed by atoms with E-state index in [1.807, 2.05) is 0 Å². The maximum Gasteiger partial charge on any atom is 0.254 e. The predicted octanol–water partition coefficient (Wildman–Crippen LogP) is 2.14. The number of aliphatic hydroxyl groups is 1. The van der Waals surface area contributed by atoms with Crippen molar-refractivity contribution in [3.05, 3.63) is 11.8 Å². The minimum atomic E-state index is -0.551. The molecule has 24 heavy (non-hydrogen) atoms. The average molecular weight is 335 g/mol. The maximum absolute atomic E-state index is 11.7. The number of aromatic nitrogens is 2. The Bertz CT molecular complexity index is 580. The minimum absolute atomic E-state index is 0.203. The number of nitrogens with one attached hydrogen (secondary N) is 2. The number of primary amides is 1. The number of anilines is 2. The highest BCUT2D eigenvalue weighted by molar-refractivity contribution is 5.97. The summed E-state index contributed by atoms with van der Waals surface area (Å²) in [7, 11) is 0. The van der Waals surface area contributed by atoms with Gasteiger partial charge in [0.05, 0.1) is 11.7 Å². The summed E-state index contributed by atoms with van der Waals surface area (Å²) in [5.41, 5.74) is 5.49. The Labute approximate surface area is 143 Å². The lowest BCUT2D eigenvalue weighted by Crippen LogP contribution is -2.38. The second-order valence-electron chi connectivity index (χ2n) is 7.47. The summed E-state index contributed by atoms with van der Waals surface area (Å²) in [5, 5.41) is 16.2. The van der Waals surface area contributed by atoms with E-state index in [0.29, 0.717) is 17.7 Å². The van der Waals surface area contributed by atoms with Crippen LogP contribution in [0.25, 0.3) is 0 Å². The molecule has 2 rings (SSSR count). The number of aliphatic hydroxyl groups excluding tert-OH is 1. The van der Waals surface area contributed by atoms with E-state index in [-0.39, 0.29) is 23.2 Å². The molecule has 0 radical (unpaired) electrons. The molecule has 0 aromatic carbocycles. The van der Waals surface area contributed by atoms with Crippen LogP contribution in [0.5, 0.6) is 0 Å². The molecule has 7 nitrogen and oxygen atoms in total. The fourth-order valence-electron chi connectivity index (χ4n) is 2.58. The smallest absolute Gasteiger partial charge is 0.254 e. The Morgan fingerprint density at radius 2 is 1.96 bits per heavy atom. The summed E-state index contributed by atoms with van der Waals surface area (Å²) in [6.45, 7) is 8.32. The third-order valence-corrected chi connectivity index (χ3v) is 4.97. The van der Waals surface area contributed by atoms with Gasteiger partial charge in [-0.1, -0.05) is 13.8 Å². The summed E-state index contributed by atoms with van der Waals surface area (Å²) < 4.78 is 0. The van der Waals surface area contributed by atoms with E-state index in [2.05, 4.69) is 48.3 Å². The van der Waals surface area contributed by atoms with Crippen molar-refractivity contribution in [2.45, 2.75) is 71.1 Å². The van der Waals surface area contributed by atoms with Crippen molar-refractivity contribution in [1.29, 1.82) is 0 Å². The van der Waals surface area contributed by atoms with Crippen LogP contribution in [0.15, 0.2) is 6.20 Å². The molecule has 5 N–H and O–H groups in total. The van der Waals surface area contributed by atoms with Crippen LogP contribution in [-0.2, 0) is 0 Å². The first-order valence-electron chi connectivity index (χ1n) is 8.58. The summed E-state index contributed by atoms with van der Waals surface area (Å²) in [6, 6.07) is 0.235. The molecule has 0 aliphatic heterocycles. The third-order valence-electron chi connectivity index (χ3n) is 4.97. The monoisotopic (exact) mass is 335 g/mol. The van der Waals surface area contributed by atoms with Crippen LogP contribution in [0.1, 0.15) is 63.7 Å². The van der Waals surface area contributed by atoms with Crippen molar-refractivity contribution in [3.63, 3.8) is 0 Å². The van der Waals surface area contributed by atoms with Gasteiger partial charge in [-0.05, 0) is 45.4 Å². The van der Waals surface area contributed by atoms with Gasteiger partial charge in [0.25, 0.3) is 5.91 Å². The zero-order chi connectivity index (χ0) is 17.9. The van der Waals surface area contributed by atoms with Gasteiger partial charge in [-0.2, -0.15) is 4.98 Å². The molecule has 134 valence electrons. The molecule has 1 aromatic rings. The molecular weight excluding hydrogens is 306 g/mol. The molecule has 1 aliphatic carbocycles.